The van der Waals surface area contributed by atoms with Crippen molar-refractivity contribution < 1.29 is 19.2 Å². The van der Waals surface area contributed by atoms with Crippen molar-refractivity contribution in [3.8, 4) is 0 Å². The first kappa shape index (κ1) is 22.3. The molecule has 4 amide bonds. The van der Waals surface area contributed by atoms with Gasteiger partial charge in [-0.25, -0.2) is 0 Å². The second-order valence-electron chi connectivity index (χ2n) is 9.20. The Kier molecular flexibility index (Phi) is 6.15. The Labute approximate surface area is 198 Å². The van der Waals surface area contributed by atoms with Gasteiger partial charge in [-0.15, -0.1) is 0 Å². The molecule has 0 aliphatic carbocycles. The lowest BCUT2D eigenvalue weighted by Gasteiger charge is -2.32. The lowest BCUT2D eigenvalue weighted by atomic mass is 10.0. The van der Waals surface area contributed by atoms with Crippen LogP contribution in [0.15, 0.2) is 48.5 Å². The Morgan fingerprint density at radius 3 is 2.50 bits per heavy atom. The van der Waals surface area contributed by atoms with E-state index >= 15 is 0 Å². The first-order chi connectivity index (χ1) is 16.5. The summed E-state index contributed by atoms with van der Waals surface area (Å²) in [6, 6.07) is 14.9. The van der Waals surface area contributed by atoms with Gasteiger partial charge < -0.3 is 15.1 Å². The number of likely N-dealkylation sites (tertiary alicyclic amines) is 1. The molecule has 0 aromatic heterocycles. The molecule has 2 aromatic carbocycles. The molecule has 0 spiro atoms. The number of imide groups is 1. The average Bonchev–Trinajstić information content (AvgIpc) is 3.18. The van der Waals surface area contributed by atoms with Gasteiger partial charge in [-0.05, 0) is 48.6 Å². The molecule has 34 heavy (non-hydrogen) atoms. The molecule has 0 bridgehead atoms. The van der Waals surface area contributed by atoms with Crippen molar-refractivity contribution in [2.75, 3.05) is 13.1 Å². The molecule has 1 unspecified atom stereocenters. The molecule has 3 aliphatic rings. The third-order valence-electron chi connectivity index (χ3n) is 6.99. The van der Waals surface area contributed by atoms with Crippen molar-refractivity contribution in [1.29, 1.82) is 0 Å². The van der Waals surface area contributed by atoms with Crippen molar-refractivity contribution >= 4 is 23.6 Å². The normalized spacial score (nSPS) is 20.9. The molecule has 2 saturated heterocycles. The van der Waals surface area contributed by atoms with Crippen LogP contribution in [0.2, 0.25) is 0 Å². The average molecular weight is 461 g/mol. The van der Waals surface area contributed by atoms with E-state index in [1.807, 2.05) is 53.4 Å². The van der Waals surface area contributed by atoms with Crippen LogP contribution in [0.3, 0.4) is 0 Å². The Morgan fingerprint density at radius 2 is 1.76 bits per heavy atom. The van der Waals surface area contributed by atoms with E-state index in [4.69, 9.17) is 0 Å². The summed E-state index contributed by atoms with van der Waals surface area (Å²) in [6.45, 7) is 2.52. The number of nitrogens with zero attached hydrogens (tertiary/aromatic N) is 2. The highest BCUT2D eigenvalue weighted by atomic mass is 16.2. The van der Waals surface area contributed by atoms with Crippen molar-refractivity contribution in [2.45, 2.75) is 50.9 Å². The molecule has 0 saturated carbocycles. The Bertz CT molecular complexity index is 1120. The number of carbonyl (C=O) groups is 4. The molecule has 176 valence electrons. The number of hydrogen-bond donors (Lipinski definition) is 2. The first-order valence-electron chi connectivity index (χ1n) is 11.8. The zero-order valence-corrected chi connectivity index (χ0v) is 19.0. The zero-order valence-electron chi connectivity index (χ0n) is 19.0. The van der Waals surface area contributed by atoms with Crippen LogP contribution in [0.25, 0.3) is 0 Å². The fourth-order valence-corrected chi connectivity index (χ4v) is 5.05. The fourth-order valence-electron chi connectivity index (χ4n) is 5.05. The second kappa shape index (κ2) is 9.38. The maximum atomic E-state index is 12.8. The number of benzene rings is 2. The van der Waals surface area contributed by atoms with Crippen LogP contribution in [0.4, 0.5) is 0 Å². The standard InChI is InChI=1S/C26H28N4O4/c31-23-9-8-22(24(32)28-23)30-16-19-14-17(6-7-21(19)26(30)34)15-27-20-10-12-29(13-11-20)25(33)18-4-2-1-3-5-18/h1-7,14,20,22,27H,8-13,15-16H2,(H,28,31,32). The maximum absolute atomic E-state index is 12.8. The largest absolute Gasteiger partial charge is 0.339 e. The third kappa shape index (κ3) is 4.46. The Hall–Kier alpha value is -3.52. The number of nitrogens with one attached hydrogen (secondary N) is 2. The van der Waals surface area contributed by atoms with Crippen molar-refractivity contribution in [3.63, 3.8) is 0 Å². The molecule has 3 heterocycles. The molecular weight excluding hydrogens is 432 g/mol. The SMILES string of the molecule is O=C1CCC(N2Cc3cc(CNC4CCN(C(=O)c5ccccc5)CC4)ccc3C2=O)C(=O)N1. The monoisotopic (exact) mass is 460 g/mol. The van der Waals surface area contributed by atoms with Gasteiger partial charge in [-0.1, -0.05) is 30.3 Å². The van der Waals surface area contributed by atoms with Crippen LogP contribution in [0.1, 0.15) is 57.5 Å². The minimum atomic E-state index is -0.594. The van der Waals surface area contributed by atoms with Gasteiger partial charge in [0.1, 0.15) is 6.04 Å². The summed E-state index contributed by atoms with van der Waals surface area (Å²) < 4.78 is 0. The molecular formula is C26H28N4O4. The van der Waals surface area contributed by atoms with Gasteiger partial charge in [-0.2, -0.15) is 0 Å². The molecule has 2 fully saturated rings. The summed E-state index contributed by atoms with van der Waals surface area (Å²) in [5, 5.41) is 5.92. The molecule has 3 aliphatic heterocycles. The van der Waals surface area contributed by atoms with Gasteiger partial charge in [0.2, 0.25) is 11.8 Å². The second-order valence-corrected chi connectivity index (χ2v) is 9.20. The Morgan fingerprint density at radius 1 is 1.00 bits per heavy atom. The van der Waals surface area contributed by atoms with E-state index in [1.54, 1.807) is 4.90 Å². The van der Waals surface area contributed by atoms with Gasteiger partial charge in [0, 0.05) is 49.8 Å². The smallest absolute Gasteiger partial charge is 0.255 e. The highest BCUT2D eigenvalue weighted by Gasteiger charge is 2.39. The molecule has 2 N–H and O–H groups in total. The number of carbonyl (C=O) groups excluding carboxylic acids is 4. The lowest BCUT2D eigenvalue weighted by molar-refractivity contribution is -0.136. The van der Waals surface area contributed by atoms with Crippen LogP contribution in [0, 0.1) is 0 Å². The maximum Gasteiger partial charge on any atom is 0.255 e. The molecule has 8 nitrogen and oxygen atoms in total. The highest BCUT2D eigenvalue weighted by Crippen LogP contribution is 2.28. The van der Waals surface area contributed by atoms with E-state index in [2.05, 4.69) is 10.6 Å². The van der Waals surface area contributed by atoms with E-state index < -0.39 is 11.9 Å². The van der Waals surface area contributed by atoms with Gasteiger partial charge in [-0.3, -0.25) is 24.5 Å². The van der Waals surface area contributed by atoms with Crippen molar-refractivity contribution in [2.24, 2.45) is 0 Å². The summed E-state index contributed by atoms with van der Waals surface area (Å²) in [4.78, 5) is 52.6. The summed E-state index contributed by atoms with van der Waals surface area (Å²) in [5.74, 6) is -0.743. The quantitative estimate of drug-likeness (QED) is 0.664. The van der Waals surface area contributed by atoms with E-state index in [0.29, 0.717) is 31.1 Å². The minimum absolute atomic E-state index is 0.0860. The summed E-state index contributed by atoms with van der Waals surface area (Å²) >= 11 is 0. The molecule has 5 rings (SSSR count). The number of piperidine rings is 2. The topological polar surface area (TPSA) is 98.8 Å². The van der Waals surface area contributed by atoms with E-state index in [-0.39, 0.29) is 24.1 Å². The number of amides is 4. The van der Waals surface area contributed by atoms with Crippen LogP contribution in [-0.4, -0.2) is 58.6 Å². The predicted octanol–water partition coefficient (Wildman–Crippen LogP) is 1.84. The Balaban J connectivity index is 1.14. The number of rotatable bonds is 5. The van der Waals surface area contributed by atoms with E-state index in [9.17, 15) is 19.2 Å². The highest BCUT2D eigenvalue weighted by molar-refractivity contribution is 6.05. The van der Waals surface area contributed by atoms with E-state index in [1.165, 1.54) is 0 Å². The number of hydrogen-bond acceptors (Lipinski definition) is 5. The summed E-state index contributed by atoms with van der Waals surface area (Å²) in [7, 11) is 0. The summed E-state index contributed by atoms with van der Waals surface area (Å²) in [6.07, 6.45) is 2.41. The van der Waals surface area contributed by atoms with Gasteiger partial charge in [0.15, 0.2) is 0 Å². The molecule has 8 heteroatoms. The zero-order chi connectivity index (χ0) is 23.7. The van der Waals surface area contributed by atoms with Crippen LogP contribution >= 0.6 is 0 Å². The fraction of sp³-hybridized carbons (Fsp3) is 0.385. The van der Waals surface area contributed by atoms with Gasteiger partial charge in [0.05, 0.1) is 0 Å². The lowest BCUT2D eigenvalue weighted by Crippen LogP contribution is -2.52. The first-order valence-corrected chi connectivity index (χ1v) is 11.8. The molecule has 0 radical (unpaired) electrons. The van der Waals surface area contributed by atoms with Crippen LogP contribution < -0.4 is 10.6 Å². The van der Waals surface area contributed by atoms with Crippen molar-refractivity contribution in [1.82, 2.24) is 20.4 Å². The predicted molar refractivity (Wildman–Crippen MR) is 125 cm³/mol. The van der Waals surface area contributed by atoms with Gasteiger partial charge in [0.25, 0.3) is 11.8 Å². The molecule has 1 atom stereocenters. The van der Waals surface area contributed by atoms with E-state index in [0.717, 1.165) is 42.6 Å². The molecule has 2 aromatic rings. The number of fused-ring (bicyclic) bond motifs is 1. The third-order valence-corrected chi connectivity index (χ3v) is 6.99. The van der Waals surface area contributed by atoms with Crippen LogP contribution in [-0.2, 0) is 22.7 Å². The van der Waals surface area contributed by atoms with Gasteiger partial charge >= 0.3 is 0 Å². The minimum Gasteiger partial charge on any atom is -0.339 e. The van der Waals surface area contributed by atoms with Crippen LogP contribution in [0.5, 0.6) is 0 Å². The summed E-state index contributed by atoms with van der Waals surface area (Å²) in [5.41, 5.74) is 3.35. The van der Waals surface area contributed by atoms with Crippen molar-refractivity contribution in [3.05, 3.63) is 70.8 Å².